The van der Waals surface area contributed by atoms with Crippen molar-refractivity contribution in [3.05, 3.63) is 61.0 Å². The summed E-state index contributed by atoms with van der Waals surface area (Å²) in [5, 5.41) is 0.937. The van der Waals surface area contributed by atoms with Crippen LogP contribution in [0.25, 0.3) is 11.2 Å². The highest BCUT2D eigenvalue weighted by Gasteiger charge is 2.16. The number of aryl methyl sites for hydroxylation is 2. The average molecular weight is 452 g/mol. The van der Waals surface area contributed by atoms with Crippen molar-refractivity contribution in [2.24, 2.45) is 14.1 Å². The highest BCUT2D eigenvalue weighted by molar-refractivity contribution is 6.42. The fourth-order valence-corrected chi connectivity index (χ4v) is 3.68. The topological polar surface area (TPSA) is 82.1 Å². The predicted octanol–water partition coefficient (Wildman–Crippen LogP) is 2.57. The van der Waals surface area contributed by atoms with E-state index >= 15 is 0 Å². The second-order valence-corrected chi connectivity index (χ2v) is 7.89. The molecule has 3 rings (SSSR count). The number of rotatable bonds is 7. The maximum Gasteiger partial charge on any atom is 0.332 e. The molecule has 2 aromatic heterocycles. The summed E-state index contributed by atoms with van der Waals surface area (Å²) in [5.74, 6) is 0.00768. The molecule has 2 heterocycles. The van der Waals surface area contributed by atoms with Crippen LogP contribution in [0.1, 0.15) is 25.3 Å². The van der Waals surface area contributed by atoms with Gasteiger partial charge in [-0.15, -0.1) is 0 Å². The number of nitrogens with zero attached hydrogens (tertiary/aromatic N) is 5. The number of hydrogen-bond donors (Lipinski definition) is 0. The molecule has 0 spiro atoms. The minimum absolute atomic E-state index is 0.00768. The summed E-state index contributed by atoms with van der Waals surface area (Å²) in [6.45, 7) is 3.38. The molecule has 0 unspecified atom stereocenters. The van der Waals surface area contributed by atoms with Crippen molar-refractivity contribution >= 4 is 40.3 Å². The van der Waals surface area contributed by atoms with Gasteiger partial charge in [-0.1, -0.05) is 29.3 Å². The van der Waals surface area contributed by atoms with E-state index in [-0.39, 0.29) is 5.91 Å². The summed E-state index contributed by atoms with van der Waals surface area (Å²) in [6.07, 6.45) is 2.39. The SMILES string of the molecule is CCN(Cc1ccc(Cl)c(Cl)c1)C(=O)CCCn1cnc2c1c(=O)n(C)c(=O)n2C. The molecule has 160 valence electrons. The Hall–Kier alpha value is -2.58. The zero-order chi connectivity index (χ0) is 22.0. The van der Waals surface area contributed by atoms with E-state index < -0.39 is 11.2 Å². The lowest BCUT2D eigenvalue weighted by Gasteiger charge is -2.21. The van der Waals surface area contributed by atoms with Gasteiger partial charge in [0.1, 0.15) is 0 Å². The number of aromatic nitrogens is 4. The van der Waals surface area contributed by atoms with Gasteiger partial charge in [-0.3, -0.25) is 18.7 Å². The van der Waals surface area contributed by atoms with Crippen LogP contribution >= 0.6 is 23.2 Å². The molecule has 0 fully saturated rings. The lowest BCUT2D eigenvalue weighted by atomic mass is 10.2. The van der Waals surface area contributed by atoms with Crippen molar-refractivity contribution in [2.45, 2.75) is 32.9 Å². The summed E-state index contributed by atoms with van der Waals surface area (Å²) in [6, 6.07) is 5.33. The second-order valence-electron chi connectivity index (χ2n) is 7.08. The first kappa shape index (κ1) is 22.1. The smallest absolute Gasteiger partial charge is 0.332 e. The van der Waals surface area contributed by atoms with Gasteiger partial charge >= 0.3 is 5.69 Å². The Morgan fingerprint density at radius 1 is 1.13 bits per heavy atom. The van der Waals surface area contributed by atoms with Gasteiger partial charge in [0, 0.05) is 40.2 Å². The minimum Gasteiger partial charge on any atom is -0.339 e. The van der Waals surface area contributed by atoms with Crippen LogP contribution in [0.3, 0.4) is 0 Å². The highest BCUT2D eigenvalue weighted by atomic mass is 35.5. The van der Waals surface area contributed by atoms with Crippen molar-refractivity contribution in [3.63, 3.8) is 0 Å². The molecule has 30 heavy (non-hydrogen) atoms. The average Bonchev–Trinajstić information content (AvgIpc) is 3.15. The molecule has 0 aliphatic rings. The van der Waals surface area contributed by atoms with E-state index in [1.54, 1.807) is 28.6 Å². The molecule has 0 radical (unpaired) electrons. The largest absolute Gasteiger partial charge is 0.339 e. The molecular weight excluding hydrogens is 429 g/mol. The molecular formula is C20H23Cl2N5O3. The van der Waals surface area contributed by atoms with Crippen LogP contribution in [0.5, 0.6) is 0 Å². The zero-order valence-electron chi connectivity index (χ0n) is 17.1. The summed E-state index contributed by atoms with van der Waals surface area (Å²) in [5.41, 5.74) is 0.782. The summed E-state index contributed by atoms with van der Waals surface area (Å²) >= 11 is 12.0. The quantitative estimate of drug-likeness (QED) is 0.552. The fraction of sp³-hybridized carbons (Fsp3) is 0.400. The van der Waals surface area contributed by atoms with Crippen LogP contribution in [0, 0.1) is 0 Å². The van der Waals surface area contributed by atoms with Gasteiger partial charge < -0.3 is 9.47 Å². The molecule has 10 heteroatoms. The first-order valence-electron chi connectivity index (χ1n) is 9.57. The van der Waals surface area contributed by atoms with Crippen LogP contribution in [0.4, 0.5) is 0 Å². The van der Waals surface area contributed by atoms with Gasteiger partial charge in [0.15, 0.2) is 11.2 Å². The molecule has 0 bridgehead atoms. The molecule has 1 amide bonds. The number of carbonyl (C=O) groups excluding carboxylic acids is 1. The maximum atomic E-state index is 12.7. The Morgan fingerprint density at radius 3 is 2.53 bits per heavy atom. The van der Waals surface area contributed by atoms with E-state index in [1.807, 2.05) is 13.0 Å². The first-order chi connectivity index (χ1) is 14.2. The first-order valence-corrected chi connectivity index (χ1v) is 10.3. The number of imidazole rings is 1. The van der Waals surface area contributed by atoms with Gasteiger partial charge in [0.25, 0.3) is 5.56 Å². The van der Waals surface area contributed by atoms with Crippen LogP contribution in [0.15, 0.2) is 34.1 Å². The minimum atomic E-state index is -0.422. The van der Waals surface area contributed by atoms with Gasteiger partial charge in [-0.25, -0.2) is 9.78 Å². The summed E-state index contributed by atoms with van der Waals surface area (Å²) < 4.78 is 4.09. The van der Waals surface area contributed by atoms with E-state index in [0.29, 0.717) is 53.7 Å². The third-order valence-electron chi connectivity index (χ3n) is 5.10. The summed E-state index contributed by atoms with van der Waals surface area (Å²) in [4.78, 5) is 43.1. The number of benzene rings is 1. The number of carbonyl (C=O) groups is 1. The lowest BCUT2D eigenvalue weighted by molar-refractivity contribution is -0.131. The van der Waals surface area contributed by atoms with Crippen molar-refractivity contribution in [2.75, 3.05) is 6.54 Å². The Bertz CT molecular complexity index is 1210. The zero-order valence-corrected chi connectivity index (χ0v) is 18.6. The molecule has 0 atom stereocenters. The van der Waals surface area contributed by atoms with Crippen molar-refractivity contribution in [1.82, 2.24) is 23.6 Å². The van der Waals surface area contributed by atoms with Crippen LogP contribution in [-0.2, 0) is 32.0 Å². The normalized spacial score (nSPS) is 11.2. The van der Waals surface area contributed by atoms with E-state index in [0.717, 1.165) is 10.1 Å². The predicted molar refractivity (Wildman–Crippen MR) is 117 cm³/mol. The molecule has 1 aromatic carbocycles. The Labute approximate surface area is 183 Å². The number of amides is 1. The van der Waals surface area contributed by atoms with E-state index in [9.17, 15) is 14.4 Å². The maximum absolute atomic E-state index is 12.7. The Morgan fingerprint density at radius 2 is 1.87 bits per heavy atom. The third kappa shape index (κ3) is 4.29. The van der Waals surface area contributed by atoms with Crippen LogP contribution in [-0.4, -0.2) is 36.0 Å². The van der Waals surface area contributed by atoms with Gasteiger partial charge in [0.05, 0.1) is 16.4 Å². The molecule has 8 nitrogen and oxygen atoms in total. The van der Waals surface area contributed by atoms with Crippen LogP contribution in [0.2, 0.25) is 10.0 Å². The Kier molecular flexibility index (Phi) is 6.67. The molecule has 0 saturated carbocycles. The third-order valence-corrected chi connectivity index (χ3v) is 5.84. The van der Waals surface area contributed by atoms with Crippen molar-refractivity contribution < 1.29 is 4.79 Å². The fourth-order valence-electron chi connectivity index (χ4n) is 3.36. The van der Waals surface area contributed by atoms with E-state index in [1.165, 1.54) is 17.9 Å². The van der Waals surface area contributed by atoms with Gasteiger partial charge in [0.2, 0.25) is 5.91 Å². The molecule has 0 aliphatic heterocycles. The van der Waals surface area contributed by atoms with Crippen LogP contribution < -0.4 is 11.2 Å². The van der Waals surface area contributed by atoms with Gasteiger partial charge in [-0.05, 0) is 31.0 Å². The van der Waals surface area contributed by atoms with E-state index in [2.05, 4.69) is 4.98 Å². The number of fused-ring (bicyclic) bond motifs is 1. The van der Waals surface area contributed by atoms with Gasteiger partial charge in [-0.2, -0.15) is 0 Å². The van der Waals surface area contributed by atoms with Crippen molar-refractivity contribution in [1.29, 1.82) is 0 Å². The number of halogens is 2. The second kappa shape index (κ2) is 9.06. The molecule has 3 aromatic rings. The summed E-state index contributed by atoms with van der Waals surface area (Å²) in [7, 11) is 3.01. The van der Waals surface area contributed by atoms with E-state index in [4.69, 9.17) is 23.2 Å². The molecule has 0 N–H and O–H groups in total. The Balaban J connectivity index is 1.68. The van der Waals surface area contributed by atoms with Crippen molar-refractivity contribution in [3.8, 4) is 0 Å². The molecule has 0 saturated heterocycles. The highest BCUT2D eigenvalue weighted by Crippen LogP contribution is 2.23. The number of hydrogen-bond acceptors (Lipinski definition) is 4. The molecule has 0 aliphatic carbocycles. The lowest BCUT2D eigenvalue weighted by Crippen LogP contribution is -2.37. The monoisotopic (exact) mass is 451 g/mol. The standard InChI is InChI=1S/C20H23Cl2N5O3/c1-4-26(11-13-7-8-14(21)15(22)10-13)16(28)6-5-9-27-12-23-18-17(27)19(29)25(3)20(30)24(18)2/h7-8,10,12H,4-6,9,11H2,1-3H3.